The Morgan fingerprint density at radius 2 is 2.05 bits per heavy atom. The molecule has 0 saturated carbocycles. The van der Waals surface area contributed by atoms with Crippen molar-refractivity contribution >= 4 is 16.8 Å². The molecule has 0 aliphatic heterocycles. The lowest BCUT2D eigenvalue weighted by Crippen LogP contribution is -2.34. The number of hydrogen-bond donors (Lipinski definition) is 3. The normalized spacial score (nSPS) is 14.1. The molecule has 0 aliphatic rings. The Hall–Kier alpha value is -1.98. The van der Waals surface area contributed by atoms with Gasteiger partial charge in [0.1, 0.15) is 12.2 Å². The minimum Gasteiger partial charge on any atom is -0.388 e. The number of nitrogens with one attached hydrogen (secondary N) is 1. The summed E-state index contributed by atoms with van der Waals surface area (Å²) in [4.78, 5) is 15.0. The Bertz CT molecular complexity index is 580. The maximum absolute atomic E-state index is 10.8. The van der Waals surface area contributed by atoms with E-state index in [9.17, 15) is 15.0 Å². The molecule has 100 valence electrons. The highest BCUT2D eigenvalue weighted by Gasteiger charge is 2.20. The van der Waals surface area contributed by atoms with E-state index in [2.05, 4.69) is 10.3 Å². The third-order valence-corrected chi connectivity index (χ3v) is 2.91. The molecule has 1 aromatic carbocycles. The smallest absolute Gasteiger partial charge is 0.216 e. The maximum atomic E-state index is 10.8. The molecular weight excluding hydrogens is 244 g/mol. The number of aliphatic hydroxyl groups excluding tert-OH is 2. The van der Waals surface area contributed by atoms with Crippen LogP contribution in [0.1, 0.15) is 18.6 Å². The molecule has 2 unspecified atom stereocenters. The number of aliphatic hydroxyl groups is 2. The fourth-order valence-corrected chi connectivity index (χ4v) is 1.93. The third-order valence-electron chi connectivity index (χ3n) is 2.91. The first-order chi connectivity index (χ1) is 9.09. The van der Waals surface area contributed by atoms with Crippen LogP contribution >= 0.6 is 0 Å². The topological polar surface area (TPSA) is 82.5 Å². The number of hydrogen-bond acceptors (Lipinski definition) is 4. The fraction of sp³-hybridized carbons (Fsp3) is 0.286. The van der Waals surface area contributed by atoms with Crippen LogP contribution in [0.4, 0.5) is 0 Å². The zero-order valence-electron chi connectivity index (χ0n) is 10.6. The maximum Gasteiger partial charge on any atom is 0.216 e. The van der Waals surface area contributed by atoms with Crippen molar-refractivity contribution in [3.05, 3.63) is 42.1 Å². The van der Waals surface area contributed by atoms with Crippen LogP contribution in [0, 0.1) is 0 Å². The Balaban J connectivity index is 2.25. The summed E-state index contributed by atoms with van der Waals surface area (Å²) in [6.45, 7) is 1.36. The van der Waals surface area contributed by atoms with Crippen LogP contribution < -0.4 is 5.32 Å². The number of fused-ring (bicyclic) bond motifs is 1. The monoisotopic (exact) mass is 260 g/mol. The highest BCUT2D eigenvalue weighted by atomic mass is 16.3. The van der Waals surface area contributed by atoms with Gasteiger partial charge in [0.05, 0.1) is 5.52 Å². The summed E-state index contributed by atoms with van der Waals surface area (Å²) in [6.07, 6.45) is -0.527. The largest absolute Gasteiger partial charge is 0.388 e. The molecule has 0 fully saturated rings. The quantitative estimate of drug-likeness (QED) is 0.758. The molecule has 2 aromatic rings. The molecule has 0 aliphatic carbocycles. The highest BCUT2D eigenvalue weighted by molar-refractivity contribution is 5.82. The van der Waals surface area contributed by atoms with Crippen LogP contribution in [-0.2, 0) is 4.79 Å². The molecule has 0 bridgehead atoms. The van der Waals surface area contributed by atoms with Gasteiger partial charge in [-0.25, -0.2) is 0 Å². The minimum absolute atomic E-state index is 0.000277. The first kappa shape index (κ1) is 13.5. The predicted molar refractivity (Wildman–Crippen MR) is 71.4 cm³/mol. The van der Waals surface area contributed by atoms with E-state index in [4.69, 9.17) is 0 Å². The molecular formula is C14H16N2O3. The molecule has 1 amide bonds. The van der Waals surface area contributed by atoms with Crippen LogP contribution in [0.2, 0.25) is 0 Å². The van der Waals surface area contributed by atoms with Gasteiger partial charge in [0.15, 0.2) is 0 Å². The lowest BCUT2D eigenvalue weighted by atomic mass is 10.0. The number of nitrogens with zero attached hydrogens (tertiary/aromatic N) is 1. The zero-order valence-corrected chi connectivity index (χ0v) is 10.6. The SMILES string of the molecule is CC(=O)NCC(O)C(O)c1cccc2cccnc12. The molecule has 0 radical (unpaired) electrons. The van der Waals surface area contributed by atoms with E-state index < -0.39 is 12.2 Å². The van der Waals surface area contributed by atoms with Gasteiger partial charge < -0.3 is 15.5 Å². The van der Waals surface area contributed by atoms with Crippen molar-refractivity contribution < 1.29 is 15.0 Å². The van der Waals surface area contributed by atoms with Gasteiger partial charge in [-0.2, -0.15) is 0 Å². The van der Waals surface area contributed by atoms with E-state index in [1.54, 1.807) is 18.3 Å². The Morgan fingerprint density at radius 3 is 2.79 bits per heavy atom. The highest BCUT2D eigenvalue weighted by Crippen LogP contribution is 2.24. The Kier molecular flexibility index (Phi) is 4.09. The van der Waals surface area contributed by atoms with Crippen LogP contribution in [-0.4, -0.2) is 33.8 Å². The van der Waals surface area contributed by atoms with E-state index in [0.717, 1.165) is 5.39 Å². The van der Waals surface area contributed by atoms with Crippen molar-refractivity contribution in [2.24, 2.45) is 0 Å². The first-order valence-corrected chi connectivity index (χ1v) is 6.04. The molecule has 5 nitrogen and oxygen atoms in total. The number of amides is 1. The van der Waals surface area contributed by atoms with Gasteiger partial charge in [0.2, 0.25) is 5.91 Å². The molecule has 0 saturated heterocycles. The van der Waals surface area contributed by atoms with Crippen molar-refractivity contribution in [3.8, 4) is 0 Å². The average molecular weight is 260 g/mol. The molecule has 1 aromatic heterocycles. The van der Waals surface area contributed by atoms with Crippen molar-refractivity contribution in [2.75, 3.05) is 6.54 Å². The number of para-hydroxylation sites is 1. The lowest BCUT2D eigenvalue weighted by Gasteiger charge is -2.19. The predicted octanol–water partition coefficient (Wildman–Crippen LogP) is 0.765. The van der Waals surface area contributed by atoms with E-state index in [-0.39, 0.29) is 12.5 Å². The average Bonchev–Trinajstić information content (AvgIpc) is 2.43. The molecule has 19 heavy (non-hydrogen) atoms. The summed E-state index contributed by atoms with van der Waals surface area (Å²) in [7, 11) is 0. The number of carbonyl (C=O) groups is 1. The fourth-order valence-electron chi connectivity index (χ4n) is 1.93. The molecule has 2 rings (SSSR count). The number of carbonyl (C=O) groups excluding carboxylic acids is 1. The van der Waals surface area contributed by atoms with Gasteiger partial charge in [-0.3, -0.25) is 9.78 Å². The second kappa shape index (κ2) is 5.77. The van der Waals surface area contributed by atoms with Gasteiger partial charge in [-0.15, -0.1) is 0 Å². The van der Waals surface area contributed by atoms with E-state index in [0.29, 0.717) is 11.1 Å². The zero-order chi connectivity index (χ0) is 13.8. The molecule has 1 heterocycles. The van der Waals surface area contributed by atoms with Gasteiger partial charge in [0, 0.05) is 30.6 Å². The standard InChI is InChI=1S/C14H16N2O3/c1-9(17)16-8-12(18)14(19)11-6-2-4-10-5-3-7-15-13(10)11/h2-7,12,14,18-19H,8H2,1H3,(H,16,17). The number of benzene rings is 1. The Labute approximate surface area is 110 Å². The molecule has 2 atom stereocenters. The van der Waals surface area contributed by atoms with E-state index in [1.165, 1.54) is 6.92 Å². The summed E-state index contributed by atoms with van der Waals surface area (Å²) < 4.78 is 0. The molecule has 3 N–H and O–H groups in total. The van der Waals surface area contributed by atoms with Crippen LogP contribution in [0.3, 0.4) is 0 Å². The van der Waals surface area contributed by atoms with Crippen LogP contribution in [0.25, 0.3) is 10.9 Å². The van der Waals surface area contributed by atoms with Gasteiger partial charge in [-0.05, 0) is 6.07 Å². The third kappa shape index (κ3) is 3.07. The van der Waals surface area contributed by atoms with Crippen LogP contribution in [0.15, 0.2) is 36.5 Å². The summed E-state index contributed by atoms with van der Waals surface area (Å²) in [5.74, 6) is -0.248. The van der Waals surface area contributed by atoms with Gasteiger partial charge >= 0.3 is 0 Å². The summed E-state index contributed by atoms with van der Waals surface area (Å²) >= 11 is 0. The number of rotatable bonds is 4. The van der Waals surface area contributed by atoms with Gasteiger partial charge in [-0.1, -0.05) is 24.3 Å². The van der Waals surface area contributed by atoms with Gasteiger partial charge in [0.25, 0.3) is 0 Å². The summed E-state index contributed by atoms with van der Waals surface area (Å²) in [5.41, 5.74) is 1.20. The van der Waals surface area contributed by atoms with Crippen molar-refractivity contribution in [1.82, 2.24) is 10.3 Å². The molecule has 5 heteroatoms. The minimum atomic E-state index is -1.09. The van der Waals surface area contributed by atoms with Crippen molar-refractivity contribution in [3.63, 3.8) is 0 Å². The lowest BCUT2D eigenvalue weighted by molar-refractivity contribution is -0.119. The van der Waals surface area contributed by atoms with E-state index >= 15 is 0 Å². The van der Waals surface area contributed by atoms with Crippen molar-refractivity contribution in [2.45, 2.75) is 19.1 Å². The second-order valence-electron chi connectivity index (χ2n) is 4.37. The van der Waals surface area contributed by atoms with Crippen LogP contribution in [0.5, 0.6) is 0 Å². The first-order valence-electron chi connectivity index (χ1n) is 6.04. The Morgan fingerprint density at radius 1 is 1.32 bits per heavy atom. The number of pyridine rings is 1. The summed E-state index contributed by atoms with van der Waals surface area (Å²) in [5, 5.41) is 23.4. The molecule has 0 spiro atoms. The second-order valence-corrected chi connectivity index (χ2v) is 4.37. The summed E-state index contributed by atoms with van der Waals surface area (Å²) in [6, 6.07) is 9.11. The van der Waals surface area contributed by atoms with Crippen molar-refractivity contribution in [1.29, 1.82) is 0 Å². The number of aromatic nitrogens is 1. The van der Waals surface area contributed by atoms with E-state index in [1.807, 2.05) is 18.2 Å².